The molecule has 0 aliphatic rings. The van der Waals surface area contributed by atoms with Gasteiger partial charge in [-0.05, 0) is 55.5 Å². The molecule has 4 aromatic rings. The third kappa shape index (κ3) is 4.45. The van der Waals surface area contributed by atoms with Gasteiger partial charge in [0.1, 0.15) is 5.75 Å². The fourth-order valence-electron chi connectivity index (χ4n) is 3.49. The van der Waals surface area contributed by atoms with Gasteiger partial charge in [-0.1, -0.05) is 24.3 Å². The third-order valence-electron chi connectivity index (χ3n) is 5.03. The minimum absolute atomic E-state index is 0.0622. The first-order valence-corrected chi connectivity index (χ1v) is 10.1. The Morgan fingerprint density at radius 3 is 2.36 bits per heavy atom. The number of benzene rings is 3. The highest BCUT2D eigenvalue weighted by Crippen LogP contribution is 2.32. The molecular weight excluding hydrogens is 433 g/mol. The molecule has 0 saturated heterocycles. The summed E-state index contributed by atoms with van der Waals surface area (Å²) in [5.41, 5.74) is -0.599. The minimum Gasteiger partial charge on any atom is -0.494 e. The lowest BCUT2D eigenvalue weighted by Crippen LogP contribution is -2.20. The van der Waals surface area contributed by atoms with Gasteiger partial charge in [0, 0.05) is 17.0 Å². The second-order valence-electron chi connectivity index (χ2n) is 7.16. The first-order valence-electron chi connectivity index (χ1n) is 10.1. The van der Waals surface area contributed by atoms with Gasteiger partial charge >= 0.3 is 6.18 Å². The zero-order chi connectivity index (χ0) is 23.6. The zero-order valence-corrected chi connectivity index (χ0v) is 17.5. The summed E-state index contributed by atoms with van der Waals surface area (Å²) >= 11 is 0. The Bertz CT molecular complexity index is 1390. The van der Waals surface area contributed by atoms with Crippen LogP contribution in [0.4, 0.5) is 18.9 Å². The summed E-state index contributed by atoms with van der Waals surface area (Å²) in [7, 11) is 0. The molecule has 1 aromatic heterocycles. The number of alkyl halides is 3. The Morgan fingerprint density at radius 1 is 1.00 bits per heavy atom. The maximum Gasteiger partial charge on any atom is 0.416 e. The highest BCUT2D eigenvalue weighted by atomic mass is 19.4. The van der Waals surface area contributed by atoms with Crippen molar-refractivity contribution in [2.24, 2.45) is 4.99 Å². The van der Waals surface area contributed by atoms with Gasteiger partial charge < -0.3 is 9.84 Å². The average Bonchev–Trinajstić information content (AvgIpc) is 2.80. The number of aliphatic imine (C=N–C) groups is 1. The maximum absolute atomic E-state index is 13.1. The Labute approximate surface area is 187 Å². The number of ether oxygens (including phenoxy) is 1. The summed E-state index contributed by atoms with van der Waals surface area (Å²) in [6.07, 6.45) is -3.24. The number of aromatic hydroxyl groups is 1. The van der Waals surface area contributed by atoms with E-state index in [2.05, 4.69) is 4.99 Å². The highest BCUT2D eigenvalue weighted by molar-refractivity contribution is 6.02. The van der Waals surface area contributed by atoms with Crippen LogP contribution in [0, 0.1) is 0 Å². The van der Waals surface area contributed by atoms with Crippen LogP contribution in [0.2, 0.25) is 0 Å². The van der Waals surface area contributed by atoms with Gasteiger partial charge in [-0.3, -0.25) is 9.79 Å². The lowest BCUT2D eigenvalue weighted by Gasteiger charge is -2.14. The summed E-state index contributed by atoms with van der Waals surface area (Å²) in [4.78, 5) is 17.3. The molecule has 8 heteroatoms. The summed E-state index contributed by atoms with van der Waals surface area (Å²) < 4.78 is 45.6. The lowest BCUT2D eigenvalue weighted by molar-refractivity contribution is -0.137. The van der Waals surface area contributed by atoms with Crippen molar-refractivity contribution in [1.82, 2.24) is 4.57 Å². The first-order chi connectivity index (χ1) is 15.8. The molecule has 0 saturated carbocycles. The molecule has 4 rings (SSSR count). The quantitative estimate of drug-likeness (QED) is 0.386. The molecule has 0 fully saturated rings. The van der Waals surface area contributed by atoms with Crippen LogP contribution >= 0.6 is 0 Å². The van der Waals surface area contributed by atoms with Crippen LogP contribution in [-0.4, -0.2) is 22.5 Å². The Morgan fingerprint density at radius 2 is 1.70 bits per heavy atom. The number of aromatic nitrogens is 1. The molecule has 0 spiro atoms. The number of fused-ring (bicyclic) bond motifs is 1. The van der Waals surface area contributed by atoms with Gasteiger partial charge in [0.15, 0.2) is 0 Å². The predicted molar refractivity (Wildman–Crippen MR) is 121 cm³/mol. The molecule has 0 aliphatic heterocycles. The Hall–Kier alpha value is -4.07. The van der Waals surface area contributed by atoms with Gasteiger partial charge in [0.05, 0.1) is 29.1 Å². The fraction of sp³-hybridized carbons (Fsp3) is 0.120. The Kier molecular flexibility index (Phi) is 5.91. The average molecular weight is 452 g/mol. The van der Waals surface area contributed by atoms with Crippen molar-refractivity contribution in [3.05, 3.63) is 94.3 Å². The predicted octanol–water partition coefficient (Wildman–Crippen LogP) is 5.86. The Balaban J connectivity index is 1.87. The van der Waals surface area contributed by atoms with E-state index in [-0.39, 0.29) is 17.1 Å². The molecule has 0 aliphatic carbocycles. The van der Waals surface area contributed by atoms with Crippen molar-refractivity contribution >= 4 is 22.7 Å². The van der Waals surface area contributed by atoms with Crippen molar-refractivity contribution in [3.63, 3.8) is 0 Å². The number of halogens is 3. The summed E-state index contributed by atoms with van der Waals surface area (Å²) in [5, 5.41) is 11.8. The van der Waals surface area contributed by atoms with Crippen LogP contribution < -0.4 is 10.3 Å². The van der Waals surface area contributed by atoms with Crippen LogP contribution in [0.15, 0.2) is 82.6 Å². The maximum atomic E-state index is 13.1. The van der Waals surface area contributed by atoms with Gasteiger partial charge in [0.25, 0.3) is 5.56 Å². The number of nitrogens with zero attached hydrogens (tertiary/aromatic N) is 2. The number of hydrogen-bond acceptors (Lipinski definition) is 4. The van der Waals surface area contributed by atoms with E-state index in [1.807, 2.05) is 6.92 Å². The first kappa shape index (κ1) is 22.1. The molecule has 5 nitrogen and oxygen atoms in total. The van der Waals surface area contributed by atoms with Gasteiger partial charge in [-0.25, -0.2) is 4.57 Å². The van der Waals surface area contributed by atoms with Crippen molar-refractivity contribution in [2.75, 3.05) is 6.61 Å². The van der Waals surface area contributed by atoms with Crippen molar-refractivity contribution in [2.45, 2.75) is 13.1 Å². The number of hydrogen-bond donors (Lipinski definition) is 1. The molecule has 0 amide bonds. The van der Waals surface area contributed by atoms with Crippen LogP contribution in [0.3, 0.4) is 0 Å². The van der Waals surface area contributed by atoms with E-state index in [0.717, 1.165) is 16.7 Å². The second-order valence-corrected chi connectivity index (χ2v) is 7.16. The van der Waals surface area contributed by atoms with E-state index in [4.69, 9.17) is 4.74 Å². The summed E-state index contributed by atoms with van der Waals surface area (Å²) in [5.74, 6) is 0.236. The van der Waals surface area contributed by atoms with E-state index in [1.54, 1.807) is 48.5 Å². The molecule has 0 unspecified atom stereocenters. The summed E-state index contributed by atoms with van der Waals surface area (Å²) in [6, 6.07) is 17.8. The van der Waals surface area contributed by atoms with Crippen molar-refractivity contribution in [1.29, 1.82) is 0 Å². The van der Waals surface area contributed by atoms with Crippen molar-refractivity contribution < 1.29 is 23.0 Å². The molecule has 0 radical (unpaired) electrons. The molecular formula is C25H19F3N2O3. The SMILES string of the molecule is CCOc1ccc(-n2c(O)c(C=Nc3cccc(C(F)(F)F)c3)c3ccccc3c2=O)cc1. The molecule has 168 valence electrons. The van der Waals surface area contributed by atoms with E-state index in [9.17, 15) is 23.1 Å². The largest absolute Gasteiger partial charge is 0.494 e. The van der Waals surface area contributed by atoms with E-state index < -0.39 is 17.3 Å². The fourth-order valence-corrected chi connectivity index (χ4v) is 3.49. The molecule has 1 heterocycles. The van der Waals surface area contributed by atoms with Crippen LogP contribution in [0.25, 0.3) is 16.5 Å². The second kappa shape index (κ2) is 8.82. The topological polar surface area (TPSA) is 63.8 Å². The van der Waals surface area contributed by atoms with Crippen LogP contribution in [0.5, 0.6) is 11.6 Å². The van der Waals surface area contributed by atoms with Gasteiger partial charge in [-0.15, -0.1) is 0 Å². The number of pyridine rings is 1. The smallest absolute Gasteiger partial charge is 0.416 e. The van der Waals surface area contributed by atoms with Crippen molar-refractivity contribution in [3.8, 4) is 17.3 Å². The monoisotopic (exact) mass is 452 g/mol. The normalized spacial score (nSPS) is 11.9. The van der Waals surface area contributed by atoms with Crippen LogP contribution in [0.1, 0.15) is 18.1 Å². The van der Waals surface area contributed by atoms with Gasteiger partial charge in [-0.2, -0.15) is 13.2 Å². The molecule has 33 heavy (non-hydrogen) atoms. The van der Waals surface area contributed by atoms with Gasteiger partial charge in [0.2, 0.25) is 5.88 Å². The molecule has 0 atom stereocenters. The molecule has 0 bridgehead atoms. The van der Waals surface area contributed by atoms with Crippen LogP contribution in [-0.2, 0) is 6.18 Å². The third-order valence-corrected chi connectivity index (χ3v) is 5.03. The minimum atomic E-state index is -4.50. The number of rotatable bonds is 5. The summed E-state index contributed by atoms with van der Waals surface area (Å²) in [6.45, 7) is 2.33. The van der Waals surface area contributed by atoms with E-state index >= 15 is 0 Å². The lowest BCUT2D eigenvalue weighted by atomic mass is 10.1. The molecule has 3 aromatic carbocycles. The van der Waals surface area contributed by atoms with E-state index in [1.165, 1.54) is 18.3 Å². The zero-order valence-electron chi connectivity index (χ0n) is 17.5. The highest BCUT2D eigenvalue weighted by Gasteiger charge is 2.30. The molecule has 1 N–H and O–H groups in total. The standard InChI is InChI=1S/C25H19F3N2O3/c1-2-33-19-12-10-18(11-13-19)30-23(31)21-9-4-3-8-20(21)22(24(30)32)15-29-17-7-5-6-16(14-17)25(26,27)28/h3-15,32H,2H2,1H3. The van der Waals surface area contributed by atoms with E-state index in [0.29, 0.717) is 28.8 Å².